The first-order valence-corrected chi connectivity index (χ1v) is 16.3. The molecule has 0 spiro atoms. The van der Waals surface area contributed by atoms with E-state index < -0.39 is 11.4 Å². The van der Waals surface area contributed by atoms with E-state index in [0.29, 0.717) is 36.5 Å². The van der Waals surface area contributed by atoms with Crippen LogP contribution in [-0.4, -0.2) is 101 Å². The second-order valence-corrected chi connectivity index (χ2v) is 14.3. The predicted molar refractivity (Wildman–Crippen MR) is 172 cm³/mol. The number of piperazine rings is 1. The molecule has 45 heavy (non-hydrogen) atoms. The Kier molecular flexibility index (Phi) is 7.49. The third-order valence-electron chi connectivity index (χ3n) is 9.95. The zero-order chi connectivity index (χ0) is 31.5. The quantitative estimate of drug-likeness (QED) is 0.356. The Labute approximate surface area is 264 Å². The highest BCUT2D eigenvalue weighted by Gasteiger charge is 2.46. The van der Waals surface area contributed by atoms with Gasteiger partial charge in [0.25, 0.3) is 0 Å². The molecule has 2 atom stereocenters. The molecular weight excluding hydrogens is 573 g/mol. The van der Waals surface area contributed by atoms with Crippen LogP contribution < -0.4 is 14.5 Å². The van der Waals surface area contributed by atoms with Crippen molar-refractivity contribution in [3.63, 3.8) is 0 Å². The molecule has 240 valence electrons. The molecule has 11 heteroatoms. The van der Waals surface area contributed by atoms with Gasteiger partial charge < -0.3 is 19.3 Å². The van der Waals surface area contributed by atoms with Crippen molar-refractivity contribution in [3.05, 3.63) is 36.3 Å². The van der Waals surface area contributed by atoms with E-state index in [1.807, 2.05) is 68.9 Å². The Morgan fingerprint density at radius 1 is 1.07 bits per heavy atom. The fourth-order valence-corrected chi connectivity index (χ4v) is 7.93. The standard InChI is InChI=1S/C34H44FN7O3/c1-33(2,3)45-32(43)42-22-12-13-23(42)20-40(19-22)30-25-18-36-28(24-10-6-7-11-26(24)39(4)5)27(35)29(25)37-31(38-30)44-21-34-14-8-16-41(34)17-9-15-34/h6-7,10-11,18,22-23H,8-9,12-17,19-21H2,1-5H3/t22-,23+. The zero-order valence-corrected chi connectivity index (χ0v) is 27.1. The Hall–Kier alpha value is -3.73. The minimum atomic E-state index is -0.567. The van der Waals surface area contributed by atoms with Gasteiger partial charge >= 0.3 is 12.1 Å². The number of rotatable bonds is 6. The SMILES string of the molecule is CN(C)c1ccccc1-c1ncc2c(N3C[C@H]4CC[C@@H](C3)N4C(=O)OC(C)(C)C)nc(OCC34CCCN3CCC4)nc2c1F. The van der Waals surface area contributed by atoms with Crippen molar-refractivity contribution in [1.29, 1.82) is 0 Å². The van der Waals surface area contributed by atoms with Crippen LogP contribution in [0.5, 0.6) is 6.01 Å². The number of halogens is 1. The summed E-state index contributed by atoms with van der Waals surface area (Å²) < 4.78 is 28.8. The molecular formula is C34H44FN7O3. The lowest BCUT2D eigenvalue weighted by Crippen LogP contribution is -2.57. The topological polar surface area (TPSA) is 87.2 Å². The number of amides is 1. The first kappa shape index (κ1) is 30.0. The molecule has 0 saturated carbocycles. The van der Waals surface area contributed by atoms with Gasteiger partial charge in [-0.05, 0) is 78.5 Å². The van der Waals surface area contributed by atoms with Gasteiger partial charge in [-0.15, -0.1) is 0 Å². The maximum absolute atomic E-state index is 16.6. The van der Waals surface area contributed by atoms with E-state index >= 15 is 4.39 Å². The third-order valence-corrected chi connectivity index (χ3v) is 9.95. The Morgan fingerprint density at radius 2 is 1.76 bits per heavy atom. The summed E-state index contributed by atoms with van der Waals surface area (Å²) in [5, 5.41) is 0.539. The Morgan fingerprint density at radius 3 is 2.42 bits per heavy atom. The van der Waals surface area contributed by atoms with Gasteiger partial charge in [0.1, 0.15) is 29.2 Å². The van der Waals surface area contributed by atoms with Gasteiger partial charge in [0.2, 0.25) is 0 Å². The van der Waals surface area contributed by atoms with Crippen molar-refractivity contribution in [2.24, 2.45) is 0 Å². The first-order chi connectivity index (χ1) is 21.5. The van der Waals surface area contributed by atoms with Crippen LogP contribution in [0.3, 0.4) is 0 Å². The second kappa shape index (κ2) is 11.3. The molecule has 2 bridgehead atoms. The monoisotopic (exact) mass is 617 g/mol. The molecule has 1 aromatic carbocycles. The molecule has 7 rings (SSSR count). The van der Waals surface area contributed by atoms with E-state index in [1.165, 1.54) is 0 Å². The summed E-state index contributed by atoms with van der Waals surface area (Å²) in [6.07, 6.45) is 7.67. The number of para-hydroxylation sites is 1. The molecule has 4 saturated heterocycles. The number of pyridine rings is 1. The average molecular weight is 618 g/mol. The summed E-state index contributed by atoms with van der Waals surface area (Å²) in [6.45, 7) is 9.46. The largest absolute Gasteiger partial charge is 0.461 e. The van der Waals surface area contributed by atoms with Crippen molar-refractivity contribution in [1.82, 2.24) is 24.8 Å². The number of nitrogens with zero attached hydrogens (tertiary/aromatic N) is 7. The van der Waals surface area contributed by atoms with Crippen molar-refractivity contribution < 1.29 is 18.7 Å². The molecule has 1 amide bonds. The summed E-state index contributed by atoms with van der Waals surface area (Å²) in [5.74, 6) is 0.106. The summed E-state index contributed by atoms with van der Waals surface area (Å²) in [6, 6.07) is 7.79. The van der Waals surface area contributed by atoms with Crippen LogP contribution >= 0.6 is 0 Å². The molecule has 4 fully saturated rings. The Balaban J connectivity index is 1.27. The van der Waals surface area contributed by atoms with Crippen LogP contribution in [0.4, 0.5) is 20.7 Å². The zero-order valence-electron chi connectivity index (χ0n) is 27.1. The number of hydrogen-bond acceptors (Lipinski definition) is 9. The maximum atomic E-state index is 16.6. The number of anilines is 2. The summed E-state index contributed by atoms with van der Waals surface area (Å²) in [7, 11) is 3.87. The van der Waals surface area contributed by atoms with E-state index in [9.17, 15) is 4.79 Å². The van der Waals surface area contributed by atoms with Crippen LogP contribution in [0, 0.1) is 5.82 Å². The lowest BCUT2D eigenvalue weighted by atomic mass is 9.95. The van der Waals surface area contributed by atoms with Crippen molar-refractivity contribution in [3.8, 4) is 17.3 Å². The van der Waals surface area contributed by atoms with E-state index in [0.717, 1.165) is 57.3 Å². The van der Waals surface area contributed by atoms with Crippen molar-refractivity contribution >= 4 is 28.5 Å². The van der Waals surface area contributed by atoms with E-state index in [4.69, 9.17) is 19.4 Å². The van der Waals surface area contributed by atoms with E-state index in [1.54, 1.807) is 6.20 Å². The van der Waals surface area contributed by atoms with Gasteiger partial charge in [-0.1, -0.05) is 18.2 Å². The first-order valence-electron chi connectivity index (χ1n) is 16.3. The van der Waals surface area contributed by atoms with E-state index in [2.05, 4.69) is 14.8 Å². The summed E-state index contributed by atoms with van der Waals surface area (Å²) in [4.78, 5) is 36.0. The minimum absolute atomic E-state index is 0.00320. The molecule has 4 aliphatic heterocycles. The lowest BCUT2D eigenvalue weighted by Gasteiger charge is -2.42. The van der Waals surface area contributed by atoms with Crippen LogP contribution in [-0.2, 0) is 4.74 Å². The molecule has 4 aliphatic rings. The van der Waals surface area contributed by atoms with Gasteiger partial charge in [-0.3, -0.25) is 14.8 Å². The highest BCUT2D eigenvalue weighted by Crippen LogP contribution is 2.41. The fraction of sp³-hybridized carbons (Fsp3) is 0.588. The second-order valence-electron chi connectivity index (χ2n) is 14.3. The lowest BCUT2D eigenvalue weighted by molar-refractivity contribution is 0.0122. The molecule has 0 N–H and O–H groups in total. The molecule has 0 radical (unpaired) electrons. The number of ether oxygens (including phenoxy) is 2. The van der Waals surface area contributed by atoms with Gasteiger partial charge in [-0.25, -0.2) is 9.18 Å². The number of carbonyl (C=O) groups excluding carboxylic acids is 1. The average Bonchev–Trinajstić information content (AvgIpc) is 3.66. The van der Waals surface area contributed by atoms with Crippen LogP contribution in [0.25, 0.3) is 22.2 Å². The number of hydrogen-bond donors (Lipinski definition) is 0. The van der Waals surface area contributed by atoms with Crippen molar-refractivity contribution in [2.75, 3.05) is 56.7 Å². The molecule has 0 unspecified atom stereocenters. The summed E-state index contributed by atoms with van der Waals surface area (Å²) >= 11 is 0. The molecule has 0 aliphatic carbocycles. The van der Waals surface area contributed by atoms with Crippen LogP contribution in [0.2, 0.25) is 0 Å². The highest BCUT2D eigenvalue weighted by atomic mass is 19.1. The Bertz CT molecular complexity index is 1580. The smallest absolute Gasteiger partial charge is 0.410 e. The third kappa shape index (κ3) is 5.42. The molecule has 10 nitrogen and oxygen atoms in total. The van der Waals surface area contributed by atoms with Crippen molar-refractivity contribution in [2.45, 2.75) is 82.5 Å². The number of fused-ring (bicyclic) bond motifs is 4. The molecule has 2 aromatic heterocycles. The number of aromatic nitrogens is 3. The number of carbonyl (C=O) groups is 1. The van der Waals surface area contributed by atoms with Crippen LogP contribution in [0.1, 0.15) is 59.3 Å². The fourth-order valence-electron chi connectivity index (χ4n) is 7.93. The minimum Gasteiger partial charge on any atom is -0.461 e. The van der Waals surface area contributed by atoms with Crippen LogP contribution in [0.15, 0.2) is 30.5 Å². The van der Waals surface area contributed by atoms with Gasteiger partial charge in [-0.2, -0.15) is 9.97 Å². The van der Waals surface area contributed by atoms with Gasteiger partial charge in [0.15, 0.2) is 5.82 Å². The van der Waals surface area contributed by atoms with Gasteiger partial charge in [0.05, 0.1) is 23.0 Å². The normalized spacial score (nSPS) is 22.6. The van der Waals surface area contributed by atoms with Gasteiger partial charge in [0, 0.05) is 44.6 Å². The molecule has 3 aromatic rings. The highest BCUT2D eigenvalue weighted by molar-refractivity contribution is 5.93. The predicted octanol–water partition coefficient (Wildman–Crippen LogP) is 5.49. The molecule has 6 heterocycles. The number of benzene rings is 1. The maximum Gasteiger partial charge on any atom is 0.410 e. The summed E-state index contributed by atoms with van der Waals surface area (Å²) in [5.41, 5.74) is 1.44. The van der Waals surface area contributed by atoms with E-state index in [-0.39, 0.29) is 40.9 Å².